The number of benzene rings is 1. The van der Waals surface area contributed by atoms with E-state index in [9.17, 15) is 4.79 Å². The molecule has 132 valence electrons. The van der Waals surface area contributed by atoms with Gasteiger partial charge in [0.05, 0.1) is 24.4 Å². The number of ether oxygens (including phenoxy) is 1. The zero-order valence-corrected chi connectivity index (χ0v) is 13.9. The quantitative estimate of drug-likeness (QED) is 0.854. The van der Waals surface area contributed by atoms with Gasteiger partial charge in [-0.25, -0.2) is 4.99 Å². The highest BCUT2D eigenvalue weighted by atomic mass is 16.5. The summed E-state index contributed by atoms with van der Waals surface area (Å²) < 4.78 is 5.45. The maximum Gasteiger partial charge on any atom is 0.259 e. The molecule has 0 saturated carbocycles. The Morgan fingerprint density at radius 1 is 1.35 bits per heavy atom. The van der Waals surface area contributed by atoms with Crippen LogP contribution in [0.25, 0.3) is 0 Å². The lowest BCUT2D eigenvalue weighted by molar-refractivity contribution is 0.0973. The number of aliphatic hydroxyl groups is 1. The van der Waals surface area contributed by atoms with E-state index in [-0.39, 0.29) is 19.1 Å². The summed E-state index contributed by atoms with van der Waals surface area (Å²) in [6.45, 7) is 1.44. The number of aliphatic imine (C=N–C) groups is 2. The van der Waals surface area contributed by atoms with Crippen LogP contribution in [0.1, 0.15) is 15.9 Å². The van der Waals surface area contributed by atoms with Crippen molar-refractivity contribution in [3.8, 4) is 5.75 Å². The second kappa shape index (κ2) is 6.93. The fourth-order valence-corrected chi connectivity index (χ4v) is 2.87. The molecule has 0 aliphatic carbocycles. The Hall–Kier alpha value is -3.26. The van der Waals surface area contributed by atoms with E-state index in [0.717, 1.165) is 11.4 Å². The predicted octanol–water partition coefficient (Wildman–Crippen LogP) is 0.946. The van der Waals surface area contributed by atoms with Gasteiger partial charge in [0.1, 0.15) is 18.2 Å². The number of aliphatic hydroxyl groups excluding tert-OH is 1. The molecule has 4 rings (SSSR count). The van der Waals surface area contributed by atoms with E-state index < -0.39 is 0 Å². The van der Waals surface area contributed by atoms with Gasteiger partial charge >= 0.3 is 0 Å². The summed E-state index contributed by atoms with van der Waals surface area (Å²) in [4.78, 5) is 27.5. The molecule has 3 heterocycles. The van der Waals surface area contributed by atoms with Gasteiger partial charge in [-0.05, 0) is 24.3 Å². The van der Waals surface area contributed by atoms with E-state index >= 15 is 0 Å². The van der Waals surface area contributed by atoms with E-state index in [1.807, 2.05) is 17.0 Å². The van der Waals surface area contributed by atoms with Gasteiger partial charge in [0, 0.05) is 30.6 Å². The van der Waals surface area contributed by atoms with E-state index in [0.29, 0.717) is 36.0 Å². The molecule has 8 heteroatoms. The highest BCUT2D eigenvalue weighted by molar-refractivity contribution is 6.19. The summed E-state index contributed by atoms with van der Waals surface area (Å²) in [5.74, 6) is 1.54. The lowest BCUT2D eigenvalue weighted by Crippen LogP contribution is -2.47. The van der Waals surface area contributed by atoms with E-state index in [4.69, 9.17) is 9.84 Å². The lowest BCUT2D eigenvalue weighted by atomic mass is 10.1. The monoisotopic (exact) mass is 351 g/mol. The molecule has 1 aromatic heterocycles. The summed E-state index contributed by atoms with van der Waals surface area (Å²) in [7, 11) is 0. The number of fused-ring (bicyclic) bond motifs is 3. The number of aromatic nitrogens is 1. The number of guanidine groups is 1. The first-order valence-electron chi connectivity index (χ1n) is 8.26. The molecule has 2 aliphatic rings. The van der Waals surface area contributed by atoms with Gasteiger partial charge in [0.25, 0.3) is 5.91 Å². The van der Waals surface area contributed by atoms with Crippen LogP contribution >= 0.6 is 0 Å². The number of hydrogen-bond donors (Lipinski definition) is 2. The van der Waals surface area contributed by atoms with Crippen LogP contribution in [0, 0.1) is 0 Å². The van der Waals surface area contributed by atoms with Gasteiger partial charge in [-0.1, -0.05) is 0 Å². The topological polar surface area (TPSA) is 99.4 Å². The van der Waals surface area contributed by atoms with Crippen molar-refractivity contribution in [3.63, 3.8) is 0 Å². The van der Waals surface area contributed by atoms with Crippen molar-refractivity contribution < 1.29 is 14.6 Å². The molecule has 0 unspecified atom stereocenters. The number of carbonyl (C=O) groups excluding carboxylic acids is 1. The van der Waals surface area contributed by atoms with Crippen molar-refractivity contribution in [2.45, 2.75) is 0 Å². The number of nitrogens with zero attached hydrogens (tertiary/aromatic N) is 4. The minimum Gasteiger partial charge on any atom is -0.491 e. The van der Waals surface area contributed by atoms with E-state index in [1.165, 1.54) is 6.20 Å². The number of hydrogen-bond acceptors (Lipinski definition) is 7. The Labute approximate surface area is 149 Å². The molecular formula is C18H17N5O3. The van der Waals surface area contributed by atoms with Crippen LogP contribution in [0.5, 0.6) is 5.75 Å². The van der Waals surface area contributed by atoms with Gasteiger partial charge in [-0.2, -0.15) is 0 Å². The van der Waals surface area contributed by atoms with Crippen molar-refractivity contribution in [1.29, 1.82) is 0 Å². The van der Waals surface area contributed by atoms with E-state index in [2.05, 4.69) is 20.3 Å². The standard InChI is InChI=1S/C18H17N5O3/c24-8-9-26-13-3-4-14-15(10-13)21-18(23-7-6-20-16(14)23)22-17(25)12-2-1-5-19-11-12/h1-5,10-11,24H,6-9H2,(H,21,22,25). The zero-order valence-electron chi connectivity index (χ0n) is 13.9. The Bertz CT molecular complexity index is 895. The number of amidine groups is 1. The first-order chi connectivity index (χ1) is 12.8. The molecule has 1 amide bonds. The van der Waals surface area contributed by atoms with Gasteiger partial charge in [-0.15, -0.1) is 0 Å². The van der Waals surface area contributed by atoms with Gasteiger partial charge < -0.3 is 9.84 Å². The molecule has 0 saturated heterocycles. The summed E-state index contributed by atoms with van der Waals surface area (Å²) >= 11 is 0. The van der Waals surface area contributed by atoms with Gasteiger partial charge in [0.2, 0.25) is 5.96 Å². The number of nitrogens with one attached hydrogen (secondary N) is 1. The lowest BCUT2D eigenvalue weighted by Gasteiger charge is -2.27. The molecule has 2 aliphatic heterocycles. The number of amides is 1. The molecular weight excluding hydrogens is 334 g/mol. The molecule has 0 spiro atoms. The van der Waals surface area contributed by atoms with Crippen LogP contribution < -0.4 is 10.1 Å². The van der Waals surface area contributed by atoms with Crippen LogP contribution in [-0.2, 0) is 0 Å². The Kier molecular flexibility index (Phi) is 4.32. The first-order valence-corrected chi connectivity index (χ1v) is 8.26. The van der Waals surface area contributed by atoms with Crippen molar-refractivity contribution in [1.82, 2.24) is 15.2 Å². The third-order valence-corrected chi connectivity index (χ3v) is 4.04. The summed E-state index contributed by atoms with van der Waals surface area (Å²) in [6, 6.07) is 8.89. The molecule has 0 radical (unpaired) electrons. The summed E-state index contributed by atoms with van der Waals surface area (Å²) in [6.07, 6.45) is 3.12. The van der Waals surface area contributed by atoms with Crippen LogP contribution in [0.2, 0.25) is 0 Å². The van der Waals surface area contributed by atoms with Crippen molar-refractivity contribution in [2.75, 3.05) is 26.3 Å². The minimum atomic E-state index is -0.278. The highest BCUT2D eigenvalue weighted by Crippen LogP contribution is 2.31. The van der Waals surface area contributed by atoms with Crippen LogP contribution in [0.4, 0.5) is 5.69 Å². The molecule has 2 N–H and O–H groups in total. The number of pyridine rings is 1. The second-order valence-electron chi connectivity index (χ2n) is 5.74. The fraction of sp³-hybridized carbons (Fsp3) is 0.222. The first kappa shape index (κ1) is 16.2. The average Bonchev–Trinajstić information content (AvgIpc) is 3.17. The highest BCUT2D eigenvalue weighted by Gasteiger charge is 2.30. The molecule has 0 atom stereocenters. The zero-order chi connectivity index (χ0) is 17.9. The van der Waals surface area contributed by atoms with Gasteiger partial charge in [-0.3, -0.25) is 25.0 Å². The number of rotatable bonds is 4. The smallest absolute Gasteiger partial charge is 0.259 e. The molecule has 0 fully saturated rings. The Morgan fingerprint density at radius 3 is 3.08 bits per heavy atom. The average molecular weight is 351 g/mol. The largest absolute Gasteiger partial charge is 0.491 e. The van der Waals surface area contributed by atoms with Crippen LogP contribution in [0.15, 0.2) is 52.7 Å². The third-order valence-electron chi connectivity index (χ3n) is 4.04. The maximum absolute atomic E-state index is 12.5. The Balaban J connectivity index is 1.65. The van der Waals surface area contributed by atoms with Crippen molar-refractivity contribution in [2.24, 2.45) is 9.98 Å². The normalized spacial score (nSPS) is 14.9. The van der Waals surface area contributed by atoms with E-state index in [1.54, 1.807) is 24.4 Å². The second-order valence-corrected chi connectivity index (χ2v) is 5.74. The molecule has 2 aromatic rings. The van der Waals surface area contributed by atoms with Crippen molar-refractivity contribution >= 4 is 23.4 Å². The summed E-state index contributed by atoms with van der Waals surface area (Å²) in [5, 5.41) is 11.8. The Morgan fingerprint density at radius 2 is 2.27 bits per heavy atom. The SMILES string of the molecule is O=C(NC1=Nc2cc(OCCO)ccc2C2=NCCN12)c1cccnc1. The van der Waals surface area contributed by atoms with Gasteiger partial charge in [0.15, 0.2) is 0 Å². The molecule has 1 aromatic carbocycles. The minimum absolute atomic E-state index is 0.0622. The molecule has 0 bridgehead atoms. The molecule has 26 heavy (non-hydrogen) atoms. The fourth-order valence-electron chi connectivity index (χ4n) is 2.87. The van der Waals surface area contributed by atoms with Crippen LogP contribution in [0.3, 0.4) is 0 Å². The van der Waals surface area contributed by atoms with Crippen molar-refractivity contribution in [3.05, 3.63) is 53.9 Å². The maximum atomic E-state index is 12.5. The third kappa shape index (κ3) is 3.02. The predicted molar refractivity (Wildman–Crippen MR) is 95.9 cm³/mol. The molecule has 8 nitrogen and oxygen atoms in total. The van der Waals surface area contributed by atoms with Crippen LogP contribution in [-0.4, -0.2) is 59.0 Å². The number of carbonyl (C=O) groups is 1. The summed E-state index contributed by atoms with van der Waals surface area (Å²) in [5.41, 5.74) is 2.01.